The highest BCUT2D eigenvalue weighted by Gasteiger charge is 2.44. The van der Waals surface area contributed by atoms with Crippen molar-refractivity contribution in [1.82, 2.24) is 0 Å². The van der Waals surface area contributed by atoms with Gasteiger partial charge in [-0.25, -0.2) is 0 Å². The first-order valence-corrected chi connectivity index (χ1v) is 23.4. The van der Waals surface area contributed by atoms with E-state index in [0.717, 1.165) is 38.5 Å². The normalized spacial score (nSPS) is 20.7. The third kappa shape index (κ3) is 29.8. The lowest BCUT2D eigenvalue weighted by Gasteiger charge is -2.39. The molecule has 6 atom stereocenters. The molecule has 330 valence electrons. The fraction of sp³-hybridized carbons (Fsp3) is 0.894. The van der Waals surface area contributed by atoms with Crippen LogP contribution in [0.3, 0.4) is 0 Å². The zero-order chi connectivity index (χ0) is 40.7. The smallest absolute Gasteiger partial charge is 0.306 e. The highest BCUT2D eigenvalue weighted by molar-refractivity contribution is 5.69. The monoisotopic (exact) mass is 797 g/mol. The number of ether oxygens (including phenoxy) is 4. The second kappa shape index (κ2) is 39.1. The van der Waals surface area contributed by atoms with Crippen LogP contribution in [0.1, 0.15) is 206 Å². The Balaban J connectivity index is 2.22. The first-order chi connectivity index (χ1) is 27.4. The van der Waals surface area contributed by atoms with Crippen molar-refractivity contribution in [2.24, 2.45) is 0 Å². The molecule has 0 amide bonds. The third-order valence-corrected chi connectivity index (χ3v) is 10.9. The van der Waals surface area contributed by atoms with Gasteiger partial charge in [0.05, 0.1) is 19.8 Å². The first-order valence-electron chi connectivity index (χ1n) is 23.4. The summed E-state index contributed by atoms with van der Waals surface area (Å²) in [5.74, 6) is -0.313. The van der Waals surface area contributed by atoms with Crippen molar-refractivity contribution < 1.29 is 44.2 Å². The average Bonchev–Trinajstić information content (AvgIpc) is 3.20. The molecular weight excluding hydrogens is 709 g/mol. The van der Waals surface area contributed by atoms with E-state index in [1.807, 2.05) is 0 Å². The average molecular weight is 797 g/mol. The Bertz CT molecular complexity index is 910. The summed E-state index contributed by atoms with van der Waals surface area (Å²) in [6.45, 7) is 4.55. The highest BCUT2D eigenvalue weighted by Crippen LogP contribution is 2.23. The summed E-state index contributed by atoms with van der Waals surface area (Å²) < 4.78 is 22.8. The molecule has 1 aliphatic heterocycles. The van der Waals surface area contributed by atoms with E-state index in [0.29, 0.717) is 13.0 Å². The van der Waals surface area contributed by atoms with Crippen LogP contribution in [-0.2, 0) is 23.7 Å². The summed E-state index contributed by atoms with van der Waals surface area (Å²) in [6, 6.07) is 0. The van der Waals surface area contributed by atoms with E-state index >= 15 is 0 Å². The van der Waals surface area contributed by atoms with Crippen LogP contribution in [0.15, 0.2) is 24.3 Å². The lowest BCUT2D eigenvalue weighted by atomic mass is 9.99. The van der Waals surface area contributed by atoms with Gasteiger partial charge in [0.25, 0.3) is 0 Å². The first kappa shape index (κ1) is 52.7. The van der Waals surface area contributed by atoms with Gasteiger partial charge < -0.3 is 39.4 Å². The van der Waals surface area contributed by atoms with Gasteiger partial charge in [-0.05, 0) is 44.9 Å². The predicted molar refractivity (Wildman–Crippen MR) is 229 cm³/mol. The Hall–Kier alpha value is -1.33. The van der Waals surface area contributed by atoms with E-state index in [-0.39, 0.29) is 19.2 Å². The molecule has 1 rings (SSSR count). The fourth-order valence-electron chi connectivity index (χ4n) is 7.17. The van der Waals surface area contributed by atoms with Gasteiger partial charge in [-0.3, -0.25) is 4.79 Å². The van der Waals surface area contributed by atoms with Crippen LogP contribution in [-0.4, -0.2) is 89.6 Å². The Morgan fingerprint density at radius 3 is 1.57 bits per heavy atom. The molecule has 9 nitrogen and oxygen atoms in total. The molecule has 1 fully saturated rings. The van der Waals surface area contributed by atoms with Crippen molar-refractivity contribution in [2.45, 2.75) is 243 Å². The molecule has 0 aliphatic carbocycles. The van der Waals surface area contributed by atoms with Crippen molar-refractivity contribution in [1.29, 1.82) is 0 Å². The Morgan fingerprint density at radius 1 is 0.571 bits per heavy atom. The van der Waals surface area contributed by atoms with E-state index in [9.17, 15) is 25.2 Å². The van der Waals surface area contributed by atoms with Gasteiger partial charge in [0, 0.05) is 13.0 Å². The lowest BCUT2D eigenvalue weighted by Crippen LogP contribution is -2.59. The number of rotatable bonds is 40. The summed E-state index contributed by atoms with van der Waals surface area (Å²) >= 11 is 0. The molecule has 56 heavy (non-hydrogen) atoms. The largest absolute Gasteiger partial charge is 0.457 e. The van der Waals surface area contributed by atoms with E-state index in [2.05, 4.69) is 38.2 Å². The quantitative estimate of drug-likeness (QED) is 0.0271. The zero-order valence-electron chi connectivity index (χ0n) is 36.1. The molecule has 0 aromatic rings. The summed E-state index contributed by atoms with van der Waals surface area (Å²) in [5.41, 5.74) is 0. The third-order valence-electron chi connectivity index (χ3n) is 10.9. The van der Waals surface area contributed by atoms with Gasteiger partial charge in [-0.15, -0.1) is 0 Å². The number of carbonyl (C=O) groups is 1. The van der Waals surface area contributed by atoms with Gasteiger partial charge in [-0.2, -0.15) is 0 Å². The second-order valence-electron chi connectivity index (χ2n) is 16.2. The van der Waals surface area contributed by atoms with Crippen LogP contribution < -0.4 is 0 Å². The van der Waals surface area contributed by atoms with E-state index < -0.39 is 43.4 Å². The minimum absolute atomic E-state index is 0.111. The Kier molecular flexibility index (Phi) is 36.8. The summed E-state index contributed by atoms with van der Waals surface area (Å²) in [6.07, 6.45) is 37.7. The fourth-order valence-corrected chi connectivity index (χ4v) is 7.17. The molecular formula is C47H88O9. The molecule has 0 spiro atoms. The molecule has 1 saturated heterocycles. The van der Waals surface area contributed by atoms with Gasteiger partial charge in [0.1, 0.15) is 30.5 Å². The van der Waals surface area contributed by atoms with E-state index in [4.69, 9.17) is 18.9 Å². The molecule has 9 heteroatoms. The van der Waals surface area contributed by atoms with Crippen molar-refractivity contribution in [3.8, 4) is 0 Å². The maximum atomic E-state index is 12.8. The van der Waals surface area contributed by atoms with Crippen LogP contribution in [0, 0.1) is 0 Å². The molecule has 0 radical (unpaired) electrons. The lowest BCUT2D eigenvalue weighted by molar-refractivity contribution is -0.305. The molecule has 0 saturated carbocycles. The van der Waals surface area contributed by atoms with Gasteiger partial charge in [0.15, 0.2) is 6.29 Å². The van der Waals surface area contributed by atoms with Crippen molar-refractivity contribution >= 4 is 5.97 Å². The van der Waals surface area contributed by atoms with Crippen molar-refractivity contribution in [3.05, 3.63) is 24.3 Å². The number of unbranched alkanes of at least 4 members (excludes halogenated alkanes) is 25. The maximum Gasteiger partial charge on any atom is 0.306 e. The van der Waals surface area contributed by atoms with Crippen molar-refractivity contribution in [3.63, 3.8) is 0 Å². The van der Waals surface area contributed by atoms with Gasteiger partial charge >= 0.3 is 5.97 Å². The topological polar surface area (TPSA) is 135 Å². The van der Waals surface area contributed by atoms with Crippen LogP contribution in [0.4, 0.5) is 0 Å². The highest BCUT2D eigenvalue weighted by atomic mass is 16.7. The molecule has 1 aliphatic rings. The SMILES string of the molecule is CCCCC/C=C\C/C=C\CCCCCCCCCCCCOCC(COC1OC(CO)C(O)C(O)C1O)OC(=O)CCCCCCCCCCCCCCC. The summed E-state index contributed by atoms with van der Waals surface area (Å²) in [7, 11) is 0. The minimum Gasteiger partial charge on any atom is -0.457 e. The Labute approximate surface area is 343 Å². The number of hydrogen-bond donors (Lipinski definition) is 4. The molecule has 4 N–H and O–H groups in total. The number of aliphatic hydroxyl groups is 4. The number of esters is 1. The van der Waals surface area contributed by atoms with Crippen LogP contribution in [0.2, 0.25) is 0 Å². The second-order valence-corrected chi connectivity index (χ2v) is 16.2. The standard InChI is InChI=1S/C47H88O9/c1-3-5-7-9-11-13-15-17-18-19-20-21-22-23-25-27-29-31-33-35-37-53-39-41(40-54-47-46(52)45(51)44(50)42(38-48)56-47)55-43(49)36-34-32-30-28-26-24-16-14-12-10-8-6-4-2/h11,13,17-18,41-42,44-48,50-52H,3-10,12,14-16,19-40H2,1-2H3/b13-11-,18-17-. The molecule has 0 bridgehead atoms. The summed E-state index contributed by atoms with van der Waals surface area (Å²) in [5, 5.41) is 40.1. The molecule has 0 aromatic carbocycles. The van der Waals surface area contributed by atoms with Crippen molar-refractivity contribution in [2.75, 3.05) is 26.4 Å². The number of hydrogen-bond acceptors (Lipinski definition) is 9. The van der Waals surface area contributed by atoms with Gasteiger partial charge in [0.2, 0.25) is 0 Å². The number of allylic oxidation sites excluding steroid dienone is 4. The Morgan fingerprint density at radius 2 is 1.04 bits per heavy atom. The predicted octanol–water partition coefficient (Wildman–Crippen LogP) is 10.6. The van der Waals surface area contributed by atoms with Crippen LogP contribution >= 0.6 is 0 Å². The van der Waals surface area contributed by atoms with E-state index in [1.54, 1.807) is 0 Å². The molecule has 1 heterocycles. The summed E-state index contributed by atoms with van der Waals surface area (Å²) in [4.78, 5) is 12.8. The van der Waals surface area contributed by atoms with E-state index in [1.165, 1.54) is 148 Å². The number of aliphatic hydroxyl groups excluding tert-OH is 4. The van der Waals surface area contributed by atoms with Gasteiger partial charge in [-0.1, -0.05) is 179 Å². The number of carbonyl (C=O) groups excluding carboxylic acids is 1. The van der Waals surface area contributed by atoms with Crippen LogP contribution in [0.25, 0.3) is 0 Å². The minimum atomic E-state index is -1.53. The van der Waals surface area contributed by atoms with Crippen LogP contribution in [0.5, 0.6) is 0 Å². The maximum absolute atomic E-state index is 12.8. The zero-order valence-corrected chi connectivity index (χ0v) is 36.1. The molecule has 6 unspecified atom stereocenters. The molecule has 0 aromatic heterocycles.